The van der Waals surface area contributed by atoms with Gasteiger partial charge in [-0.25, -0.2) is 0 Å². The normalized spacial score (nSPS) is 16.8. The van der Waals surface area contributed by atoms with E-state index in [0.717, 1.165) is 0 Å². The number of carbonyl (C=O) groups excluding carboxylic acids is 13. The van der Waals surface area contributed by atoms with Gasteiger partial charge in [0.05, 0.1) is 12.6 Å². The van der Waals surface area contributed by atoms with E-state index >= 15 is 0 Å². The highest BCUT2D eigenvalue weighted by Crippen LogP contribution is 2.24. The minimum atomic E-state index is -1.64. The summed E-state index contributed by atoms with van der Waals surface area (Å²) in [5.74, 6) is -9.80. The maximum absolute atomic E-state index is 14.7. The Morgan fingerprint density at radius 1 is 0.537 bits per heavy atom. The smallest absolute Gasteiger partial charge is 0.245 e. The predicted molar refractivity (Wildman–Crippen MR) is 356 cm³/mol. The maximum atomic E-state index is 14.7. The molecule has 2 aromatic rings. The predicted octanol–water partition coefficient (Wildman–Crippen LogP) is -3.71. The van der Waals surface area contributed by atoms with Crippen molar-refractivity contribution in [2.24, 2.45) is 51.0 Å². The molecule has 22 N–H and O–H groups in total. The molecule has 95 heavy (non-hydrogen) atoms. The van der Waals surface area contributed by atoms with Gasteiger partial charge in [0.1, 0.15) is 54.4 Å². The van der Waals surface area contributed by atoms with Gasteiger partial charge >= 0.3 is 0 Å². The number of nitrogens with two attached hydrogens (primary N) is 7. The Morgan fingerprint density at radius 3 is 1.51 bits per heavy atom. The first kappa shape index (κ1) is 78.5. The first-order valence-electron chi connectivity index (χ1n) is 32.2. The molecule has 4 rings (SSSR count). The quantitative estimate of drug-likeness (QED) is 0.0173. The molecule has 0 unspecified atom stereocenters. The maximum Gasteiger partial charge on any atom is 0.245 e. The van der Waals surface area contributed by atoms with E-state index in [2.05, 4.69) is 47.5 Å². The Labute approximate surface area is 558 Å². The molecular formula is C63H98N18O13S. The van der Waals surface area contributed by atoms with Crippen molar-refractivity contribution in [1.29, 1.82) is 0 Å². The van der Waals surface area contributed by atoms with Gasteiger partial charge in [0.2, 0.25) is 76.8 Å². The molecule has 2 aliphatic rings. The lowest BCUT2D eigenvalue weighted by molar-refractivity contribution is -0.144. The number of nitrogens with one attached hydrogen (secondary N) is 8. The Bertz CT molecular complexity index is 2960. The fourth-order valence-electron chi connectivity index (χ4n) is 11.0. The summed E-state index contributed by atoms with van der Waals surface area (Å²) in [4.78, 5) is 185. The number of rotatable bonds is 42. The van der Waals surface area contributed by atoms with Gasteiger partial charge in [0.25, 0.3) is 0 Å². The Kier molecular flexibility index (Phi) is 33.9. The van der Waals surface area contributed by atoms with Gasteiger partial charge in [-0.2, -0.15) is 11.8 Å². The van der Waals surface area contributed by atoms with Gasteiger partial charge in [-0.1, -0.05) is 74.5 Å². The van der Waals surface area contributed by atoms with E-state index in [-0.39, 0.29) is 83.0 Å². The van der Waals surface area contributed by atoms with Crippen molar-refractivity contribution in [3.05, 3.63) is 71.8 Å². The van der Waals surface area contributed by atoms with Crippen LogP contribution in [0, 0.1) is 5.92 Å². The van der Waals surface area contributed by atoms with E-state index in [1.165, 1.54) is 21.6 Å². The molecule has 524 valence electrons. The Balaban J connectivity index is 1.56. The third-order valence-corrected chi connectivity index (χ3v) is 16.7. The lowest BCUT2D eigenvalue weighted by Gasteiger charge is -2.32. The van der Waals surface area contributed by atoms with Crippen LogP contribution < -0.4 is 82.7 Å². The average Bonchev–Trinajstić information content (AvgIpc) is 1.74. The van der Waals surface area contributed by atoms with Gasteiger partial charge in [0.15, 0.2) is 5.96 Å². The molecule has 10 atom stereocenters. The molecule has 2 aliphatic heterocycles. The minimum Gasteiger partial charge on any atom is -0.370 e. The second-order valence-corrected chi connectivity index (χ2v) is 25.1. The van der Waals surface area contributed by atoms with Crippen molar-refractivity contribution < 1.29 is 62.3 Å². The van der Waals surface area contributed by atoms with E-state index < -0.39 is 169 Å². The van der Waals surface area contributed by atoms with Gasteiger partial charge < -0.3 is 92.5 Å². The van der Waals surface area contributed by atoms with Crippen LogP contribution >= 0.6 is 11.8 Å². The van der Waals surface area contributed by atoms with Crippen LogP contribution in [0.2, 0.25) is 0 Å². The zero-order valence-electron chi connectivity index (χ0n) is 54.5. The van der Waals surface area contributed by atoms with Crippen molar-refractivity contribution in [2.75, 3.05) is 44.7 Å². The lowest BCUT2D eigenvalue weighted by atomic mass is 10.0. The fourth-order valence-corrected chi connectivity index (χ4v) is 11.5. The number of hydrogen-bond donors (Lipinski definition) is 15. The number of benzene rings is 2. The van der Waals surface area contributed by atoms with E-state index in [4.69, 9.17) is 40.1 Å². The van der Waals surface area contributed by atoms with Crippen LogP contribution in [-0.2, 0) is 75.2 Å². The van der Waals surface area contributed by atoms with E-state index in [0.29, 0.717) is 55.4 Å². The lowest BCUT2D eigenvalue weighted by Crippen LogP contribution is -2.60. The summed E-state index contributed by atoms with van der Waals surface area (Å²) in [6.07, 6.45) is 3.12. The van der Waals surface area contributed by atoms with Gasteiger partial charge in [-0.05, 0) is 119 Å². The molecule has 0 saturated carbocycles. The van der Waals surface area contributed by atoms with Crippen molar-refractivity contribution in [1.82, 2.24) is 52.3 Å². The number of aliphatic imine (C=N–C) groups is 1. The molecule has 2 fully saturated rings. The van der Waals surface area contributed by atoms with Gasteiger partial charge in [-0.15, -0.1) is 0 Å². The number of guanidine groups is 1. The third kappa shape index (κ3) is 27.5. The topological polar surface area (TPSA) is 519 Å². The fraction of sp³-hybridized carbons (Fsp3) is 0.587. The Hall–Kier alpha value is -8.91. The number of primary amides is 3. The number of thioether (sulfide) groups is 1. The molecule has 2 saturated heterocycles. The molecular weight excluding hydrogens is 1250 g/mol. The number of hydrogen-bond acceptors (Lipinski definition) is 17. The van der Waals surface area contributed by atoms with Crippen LogP contribution in [0.1, 0.15) is 121 Å². The molecule has 31 nitrogen and oxygen atoms in total. The minimum absolute atomic E-state index is 0.0736. The number of likely N-dealkylation sites (tertiary alicyclic amines) is 2. The van der Waals surface area contributed by atoms with Crippen LogP contribution in [0.5, 0.6) is 0 Å². The number of unbranched alkanes of at least 4 members (excludes halogenated alkanes) is 1. The molecule has 2 aromatic carbocycles. The second-order valence-electron chi connectivity index (χ2n) is 24.1. The standard InChI is InChI=1S/C63H98N18O13S/c1-37(2)33-45(57(89)74-41(53(68)85)27-32-95-3)73-52(84)36-72-54(86)46(34-38-15-6-4-7-16-38)78-58(90)47(35-39-17-8-5-9-18-39)79-56(88)42(23-25-50(66)82)75-55(87)43(24-26-51(67)83)76-59(91)49-22-14-31-81(49)62(94)44(20-10-11-28-64)77-60(92)48-21-13-30-80(48)61(93)40(65)19-12-29-71-63(69)70/h4-9,15-18,37,40-49H,10-14,19-36,64-65H2,1-3H3,(H2,66,82)(H2,67,83)(H2,68,85)(H,72,86)(H,73,84)(H,74,89)(H,75,87)(H,76,91)(H,77,92)(H,78,90)(H,79,88)(H4,69,70,71)/t40-,41-,42-,43-,44+,45+,46-,47-,48-,49-/m0/s1. The average molecular weight is 1350 g/mol. The second kappa shape index (κ2) is 41.0. The molecule has 0 aromatic heterocycles. The highest BCUT2D eigenvalue weighted by atomic mass is 32.2. The zero-order valence-corrected chi connectivity index (χ0v) is 55.3. The van der Waals surface area contributed by atoms with Gasteiger partial charge in [0, 0.05) is 45.3 Å². The summed E-state index contributed by atoms with van der Waals surface area (Å²) in [5.41, 5.74) is 40.6. The largest absolute Gasteiger partial charge is 0.370 e. The summed E-state index contributed by atoms with van der Waals surface area (Å²) < 4.78 is 0. The highest BCUT2D eigenvalue weighted by Gasteiger charge is 2.42. The molecule has 0 aliphatic carbocycles. The van der Waals surface area contributed by atoms with Crippen LogP contribution in [0.25, 0.3) is 0 Å². The molecule has 0 bridgehead atoms. The van der Waals surface area contributed by atoms with Crippen molar-refractivity contribution in [3.8, 4) is 0 Å². The number of carbonyl (C=O) groups is 13. The van der Waals surface area contributed by atoms with E-state index in [9.17, 15) is 62.3 Å². The zero-order chi connectivity index (χ0) is 70.1. The first-order chi connectivity index (χ1) is 45.2. The monoisotopic (exact) mass is 1350 g/mol. The van der Waals surface area contributed by atoms with Crippen molar-refractivity contribution >= 4 is 94.5 Å². The summed E-state index contributed by atoms with van der Waals surface area (Å²) >= 11 is 1.45. The summed E-state index contributed by atoms with van der Waals surface area (Å²) in [6, 6.07) is 4.51. The molecule has 0 spiro atoms. The first-order valence-corrected chi connectivity index (χ1v) is 33.6. The number of nitrogens with zero attached hydrogens (tertiary/aromatic N) is 3. The molecule has 2 heterocycles. The molecule has 13 amide bonds. The third-order valence-electron chi connectivity index (χ3n) is 16.0. The van der Waals surface area contributed by atoms with Crippen LogP contribution in [0.3, 0.4) is 0 Å². The van der Waals surface area contributed by atoms with Gasteiger partial charge in [-0.3, -0.25) is 67.3 Å². The van der Waals surface area contributed by atoms with Crippen LogP contribution in [-0.4, -0.2) is 198 Å². The summed E-state index contributed by atoms with van der Waals surface area (Å²) in [7, 11) is 0. The van der Waals surface area contributed by atoms with Crippen LogP contribution in [0.15, 0.2) is 65.7 Å². The highest BCUT2D eigenvalue weighted by molar-refractivity contribution is 7.98. The summed E-state index contributed by atoms with van der Waals surface area (Å²) in [5, 5.41) is 21.1. The molecule has 32 heteroatoms. The SMILES string of the molecule is CSCC[C@H](NC(=O)[C@@H](CC(C)C)NC(=O)CNC(=O)[C@H](Cc1ccccc1)NC(=O)[C@H](Cc1ccccc1)NC(=O)[C@H](CCC(N)=O)NC(=O)[C@H](CCC(N)=O)NC(=O)[C@@H]1CCCN1C(=O)[C@@H](CCCCN)NC(=O)[C@@H]1CCCN1C(=O)[C@@H](N)CCCN=C(N)N)C(N)=O. The summed E-state index contributed by atoms with van der Waals surface area (Å²) in [6.45, 7) is 3.86. The van der Waals surface area contributed by atoms with Crippen molar-refractivity contribution in [3.63, 3.8) is 0 Å². The van der Waals surface area contributed by atoms with E-state index in [1.54, 1.807) is 60.7 Å². The Morgan fingerprint density at radius 2 is 1.01 bits per heavy atom. The van der Waals surface area contributed by atoms with Crippen LogP contribution in [0.4, 0.5) is 0 Å². The number of amides is 13. The van der Waals surface area contributed by atoms with Crippen molar-refractivity contribution in [2.45, 2.75) is 183 Å². The molecule has 0 radical (unpaired) electrons. The van der Waals surface area contributed by atoms with E-state index in [1.807, 2.05) is 20.1 Å².